The van der Waals surface area contributed by atoms with Gasteiger partial charge in [0.1, 0.15) is 0 Å². The van der Waals surface area contributed by atoms with Crippen molar-refractivity contribution in [1.82, 2.24) is 15.1 Å². The topological polar surface area (TPSA) is 78.7 Å². The van der Waals surface area contributed by atoms with E-state index in [1.807, 2.05) is 0 Å². The molecule has 0 aromatic heterocycles. The molecule has 2 heterocycles. The van der Waals surface area contributed by atoms with Gasteiger partial charge in [0.05, 0.1) is 6.54 Å². The number of carbonyl (C=O) groups excluding carboxylic acids is 2. The lowest BCUT2D eigenvalue weighted by Crippen LogP contribution is -2.45. The average Bonchev–Trinajstić information content (AvgIpc) is 2.76. The maximum atomic E-state index is 11.9. The van der Waals surface area contributed by atoms with Crippen molar-refractivity contribution in [2.45, 2.75) is 12.8 Å². The minimum Gasteiger partial charge on any atom is -0.336 e. The van der Waals surface area contributed by atoms with Gasteiger partial charge in [0, 0.05) is 13.1 Å². The van der Waals surface area contributed by atoms with Crippen molar-refractivity contribution in [3.05, 3.63) is 0 Å². The van der Waals surface area contributed by atoms with Crippen molar-refractivity contribution in [3.8, 4) is 0 Å². The van der Waals surface area contributed by atoms with Crippen LogP contribution in [0.15, 0.2) is 0 Å². The summed E-state index contributed by atoms with van der Waals surface area (Å²) < 4.78 is 0. The molecule has 96 valence electrons. The van der Waals surface area contributed by atoms with E-state index < -0.39 is 0 Å². The summed E-state index contributed by atoms with van der Waals surface area (Å²) >= 11 is 0. The number of rotatable bonds is 3. The maximum Gasteiger partial charge on any atom is 0.324 e. The highest BCUT2D eigenvalue weighted by Crippen LogP contribution is 2.15. The molecule has 6 nitrogen and oxygen atoms in total. The molecule has 3 N–H and O–H groups in total. The number of imide groups is 1. The number of nitrogens with zero attached hydrogens (tertiary/aromatic N) is 2. The Bertz CT molecular complexity index is 300. The number of nitrogens with one attached hydrogen (secondary N) is 1. The molecule has 2 saturated heterocycles. The van der Waals surface area contributed by atoms with Crippen molar-refractivity contribution in [1.29, 1.82) is 0 Å². The molecular weight excluding hydrogens is 220 g/mol. The molecule has 0 bridgehead atoms. The van der Waals surface area contributed by atoms with E-state index in [0.29, 0.717) is 25.6 Å². The summed E-state index contributed by atoms with van der Waals surface area (Å²) in [5.74, 6) is 0.502. The van der Waals surface area contributed by atoms with Gasteiger partial charge in [-0.1, -0.05) is 0 Å². The molecule has 6 heteroatoms. The molecule has 17 heavy (non-hydrogen) atoms. The molecule has 0 atom stereocenters. The van der Waals surface area contributed by atoms with E-state index in [9.17, 15) is 9.59 Å². The lowest BCUT2D eigenvalue weighted by Gasteiger charge is -2.31. The maximum absolute atomic E-state index is 11.9. The Morgan fingerprint density at radius 2 is 2.06 bits per heavy atom. The molecule has 0 aliphatic carbocycles. The second-order valence-electron chi connectivity index (χ2n) is 4.73. The van der Waals surface area contributed by atoms with Gasteiger partial charge in [0.15, 0.2) is 0 Å². The Balaban J connectivity index is 1.78. The van der Waals surface area contributed by atoms with E-state index in [1.54, 1.807) is 0 Å². The van der Waals surface area contributed by atoms with Crippen LogP contribution in [-0.2, 0) is 4.79 Å². The predicted octanol–water partition coefficient (Wildman–Crippen LogP) is -0.791. The zero-order valence-corrected chi connectivity index (χ0v) is 10.0. The van der Waals surface area contributed by atoms with Crippen molar-refractivity contribution < 1.29 is 9.59 Å². The van der Waals surface area contributed by atoms with Gasteiger partial charge in [-0.2, -0.15) is 0 Å². The highest BCUT2D eigenvalue weighted by molar-refractivity contribution is 5.96. The largest absolute Gasteiger partial charge is 0.336 e. The Morgan fingerprint density at radius 3 is 2.59 bits per heavy atom. The minimum absolute atomic E-state index is 0.0915. The molecule has 2 fully saturated rings. The Kier molecular flexibility index (Phi) is 3.96. The van der Waals surface area contributed by atoms with Crippen molar-refractivity contribution in [2.24, 2.45) is 11.7 Å². The van der Waals surface area contributed by atoms with Crippen LogP contribution >= 0.6 is 0 Å². The van der Waals surface area contributed by atoms with E-state index in [0.717, 1.165) is 32.5 Å². The second-order valence-corrected chi connectivity index (χ2v) is 4.73. The molecule has 2 aliphatic rings. The molecule has 0 radical (unpaired) electrons. The third kappa shape index (κ3) is 2.95. The molecular formula is C11H20N4O2. The summed E-state index contributed by atoms with van der Waals surface area (Å²) in [5, 5.41) is 2.64. The molecule has 2 aliphatic heterocycles. The Labute approximate surface area is 101 Å². The first kappa shape index (κ1) is 12.3. The number of urea groups is 1. The number of hydrogen-bond donors (Lipinski definition) is 2. The monoisotopic (exact) mass is 240 g/mol. The molecule has 0 spiro atoms. The van der Waals surface area contributed by atoms with Gasteiger partial charge in [-0.3, -0.25) is 14.6 Å². The molecule has 0 unspecified atom stereocenters. The third-order valence-corrected chi connectivity index (χ3v) is 3.56. The van der Waals surface area contributed by atoms with Crippen LogP contribution in [0.2, 0.25) is 0 Å². The van der Waals surface area contributed by atoms with Crippen LogP contribution in [0, 0.1) is 5.92 Å². The smallest absolute Gasteiger partial charge is 0.324 e. The predicted molar refractivity (Wildman–Crippen MR) is 63.3 cm³/mol. The quantitative estimate of drug-likeness (QED) is 0.677. The van der Waals surface area contributed by atoms with E-state index in [-0.39, 0.29) is 11.9 Å². The van der Waals surface area contributed by atoms with E-state index >= 15 is 0 Å². The number of carbonyl (C=O) groups is 2. The van der Waals surface area contributed by atoms with E-state index in [1.165, 1.54) is 4.90 Å². The molecule has 0 aromatic carbocycles. The number of hydrogen-bond acceptors (Lipinski definition) is 4. The first-order valence-electron chi connectivity index (χ1n) is 6.21. The first-order chi connectivity index (χ1) is 8.20. The van der Waals surface area contributed by atoms with E-state index in [4.69, 9.17) is 5.73 Å². The Morgan fingerprint density at radius 1 is 1.35 bits per heavy atom. The second kappa shape index (κ2) is 5.46. The highest BCUT2D eigenvalue weighted by atomic mass is 16.2. The average molecular weight is 240 g/mol. The lowest BCUT2D eigenvalue weighted by atomic mass is 9.97. The van der Waals surface area contributed by atoms with Crippen LogP contribution in [-0.4, -0.2) is 61.0 Å². The van der Waals surface area contributed by atoms with Crippen molar-refractivity contribution in [3.63, 3.8) is 0 Å². The fraction of sp³-hybridized carbons (Fsp3) is 0.818. The van der Waals surface area contributed by atoms with Gasteiger partial charge >= 0.3 is 6.03 Å². The number of nitrogens with two attached hydrogens (primary N) is 1. The van der Waals surface area contributed by atoms with Crippen LogP contribution in [0.3, 0.4) is 0 Å². The van der Waals surface area contributed by atoms with E-state index in [2.05, 4.69) is 10.2 Å². The zero-order valence-electron chi connectivity index (χ0n) is 10.0. The first-order valence-corrected chi connectivity index (χ1v) is 6.21. The lowest BCUT2D eigenvalue weighted by molar-refractivity contribution is -0.129. The Hall–Kier alpha value is -1.14. The summed E-state index contributed by atoms with van der Waals surface area (Å²) in [6.45, 7) is 3.96. The summed E-state index contributed by atoms with van der Waals surface area (Å²) in [4.78, 5) is 26.6. The van der Waals surface area contributed by atoms with Crippen LogP contribution in [0.4, 0.5) is 4.79 Å². The highest BCUT2D eigenvalue weighted by Gasteiger charge is 2.28. The molecule has 0 aromatic rings. The molecule has 2 rings (SSSR count). The zero-order chi connectivity index (χ0) is 12.3. The number of amides is 3. The fourth-order valence-corrected chi connectivity index (χ4v) is 2.37. The minimum atomic E-state index is -0.258. The summed E-state index contributed by atoms with van der Waals surface area (Å²) in [5.41, 5.74) is 5.62. The van der Waals surface area contributed by atoms with Gasteiger partial charge < -0.3 is 11.1 Å². The third-order valence-electron chi connectivity index (χ3n) is 3.56. The summed E-state index contributed by atoms with van der Waals surface area (Å²) in [6.07, 6.45) is 2.10. The summed E-state index contributed by atoms with van der Waals surface area (Å²) in [7, 11) is 0. The molecule has 3 amide bonds. The normalized spacial score (nSPS) is 22.9. The van der Waals surface area contributed by atoms with Crippen molar-refractivity contribution in [2.75, 3.05) is 39.3 Å². The van der Waals surface area contributed by atoms with Crippen LogP contribution in [0.1, 0.15) is 12.8 Å². The van der Waals surface area contributed by atoms with Crippen LogP contribution in [0.25, 0.3) is 0 Å². The van der Waals surface area contributed by atoms with Gasteiger partial charge in [0.25, 0.3) is 0 Å². The fourth-order valence-electron chi connectivity index (χ4n) is 2.37. The number of likely N-dealkylation sites (tertiary alicyclic amines) is 1. The van der Waals surface area contributed by atoms with Crippen LogP contribution in [0.5, 0.6) is 0 Å². The summed E-state index contributed by atoms with van der Waals surface area (Å²) in [6, 6.07) is -0.258. The SMILES string of the molecule is NCC1CCN(CC(=O)N2CCNC2=O)CC1. The van der Waals surface area contributed by atoms with Gasteiger partial charge in [-0.15, -0.1) is 0 Å². The number of piperidine rings is 1. The van der Waals surface area contributed by atoms with Gasteiger partial charge in [0.2, 0.25) is 5.91 Å². The molecule has 0 saturated carbocycles. The van der Waals surface area contributed by atoms with Gasteiger partial charge in [-0.05, 0) is 38.4 Å². The van der Waals surface area contributed by atoms with Crippen molar-refractivity contribution >= 4 is 11.9 Å². The van der Waals surface area contributed by atoms with Crippen LogP contribution < -0.4 is 11.1 Å². The standard InChI is InChI=1S/C11H20N4O2/c12-7-9-1-4-14(5-2-9)8-10(16)15-6-3-13-11(15)17/h9H,1-8,12H2,(H,13,17). The van der Waals surface area contributed by atoms with Gasteiger partial charge in [-0.25, -0.2) is 4.79 Å².